The Hall–Kier alpha value is -0.340. The minimum absolute atomic E-state index is 0.0973. The first-order valence-corrected chi connectivity index (χ1v) is 4.35. The van der Waals surface area contributed by atoms with Crippen LogP contribution in [0.3, 0.4) is 0 Å². The second-order valence-electron chi connectivity index (χ2n) is 3.54. The number of methoxy groups -OCH3 is 1. The highest BCUT2D eigenvalue weighted by Gasteiger charge is 2.19. The molecule has 1 N–H and O–H groups in total. The number of hydrogen-bond acceptors (Lipinski definition) is 2. The standard InChI is InChI=1S/C10H20O2/c1-7(2)6-8(3)10(12-5)9(4)11/h6,8-11H,1-5H3. The van der Waals surface area contributed by atoms with Crippen molar-refractivity contribution in [1.82, 2.24) is 0 Å². The van der Waals surface area contributed by atoms with Gasteiger partial charge in [-0.3, -0.25) is 0 Å². The van der Waals surface area contributed by atoms with Crippen LogP contribution in [0.4, 0.5) is 0 Å². The highest BCUT2D eigenvalue weighted by Crippen LogP contribution is 2.14. The fraction of sp³-hybridized carbons (Fsp3) is 0.800. The lowest BCUT2D eigenvalue weighted by molar-refractivity contribution is -0.0222. The summed E-state index contributed by atoms with van der Waals surface area (Å²) in [7, 11) is 1.63. The van der Waals surface area contributed by atoms with E-state index in [1.807, 2.05) is 20.8 Å². The van der Waals surface area contributed by atoms with Gasteiger partial charge in [0.25, 0.3) is 0 Å². The lowest BCUT2D eigenvalue weighted by Gasteiger charge is -2.23. The molecule has 0 aliphatic carbocycles. The zero-order chi connectivity index (χ0) is 9.72. The Kier molecular flexibility index (Phi) is 5.18. The van der Waals surface area contributed by atoms with E-state index >= 15 is 0 Å². The van der Waals surface area contributed by atoms with Gasteiger partial charge < -0.3 is 9.84 Å². The summed E-state index contributed by atoms with van der Waals surface area (Å²) in [6, 6.07) is 0. The molecule has 3 atom stereocenters. The Bertz CT molecular complexity index is 146. The normalized spacial score (nSPS) is 18.2. The molecule has 12 heavy (non-hydrogen) atoms. The van der Waals surface area contributed by atoms with E-state index in [1.165, 1.54) is 5.57 Å². The topological polar surface area (TPSA) is 29.5 Å². The molecule has 0 bridgehead atoms. The van der Waals surface area contributed by atoms with Crippen LogP contribution in [-0.4, -0.2) is 24.4 Å². The van der Waals surface area contributed by atoms with E-state index in [9.17, 15) is 5.11 Å². The largest absolute Gasteiger partial charge is 0.391 e. The van der Waals surface area contributed by atoms with Crippen molar-refractivity contribution >= 4 is 0 Å². The van der Waals surface area contributed by atoms with E-state index < -0.39 is 6.10 Å². The molecule has 2 heteroatoms. The summed E-state index contributed by atoms with van der Waals surface area (Å²) in [5.41, 5.74) is 1.25. The smallest absolute Gasteiger partial charge is 0.0887 e. The van der Waals surface area contributed by atoms with Gasteiger partial charge in [0, 0.05) is 13.0 Å². The van der Waals surface area contributed by atoms with Crippen molar-refractivity contribution in [1.29, 1.82) is 0 Å². The van der Waals surface area contributed by atoms with Crippen LogP contribution in [-0.2, 0) is 4.74 Å². The second kappa shape index (κ2) is 5.33. The maximum absolute atomic E-state index is 9.34. The van der Waals surface area contributed by atoms with Crippen molar-refractivity contribution in [2.24, 2.45) is 5.92 Å². The van der Waals surface area contributed by atoms with Gasteiger partial charge >= 0.3 is 0 Å². The van der Waals surface area contributed by atoms with Crippen LogP contribution >= 0.6 is 0 Å². The van der Waals surface area contributed by atoms with Crippen LogP contribution in [0.15, 0.2) is 11.6 Å². The number of aliphatic hydroxyl groups is 1. The number of ether oxygens (including phenoxy) is 1. The number of hydrogen-bond donors (Lipinski definition) is 1. The van der Waals surface area contributed by atoms with Crippen LogP contribution in [0.5, 0.6) is 0 Å². The minimum Gasteiger partial charge on any atom is -0.391 e. The van der Waals surface area contributed by atoms with Crippen LogP contribution in [0.25, 0.3) is 0 Å². The van der Waals surface area contributed by atoms with Crippen molar-refractivity contribution in [3.63, 3.8) is 0 Å². The lowest BCUT2D eigenvalue weighted by atomic mass is 9.98. The Morgan fingerprint density at radius 2 is 1.83 bits per heavy atom. The van der Waals surface area contributed by atoms with Gasteiger partial charge in [-0.25, -0.2) is 0 Å². The molecule has 0 aromatic heterocycles. The maximum Gasteiger partial charge on any atom is 0.0887 e. The highest BCUT2D eigenvalue weighted by atomic mass is 16.5. The van der Waals surface area contributed by atoms with Gasteiger partial charge in [-0.15, -0.1) is 0 Å². The summed E-state index contributed by atoms with van der Waals surface area (Å²) in [6.07, 6.45) is 1.60. The summed E-state index contributed by atoms with van der Waals surface area (Å²) < 4.78 is 5.18. The van der Waals surface area contributed by atoms with Crippen molar-refractivity contribution in [3.05, 3.63) is 11.6 Å². The van der Waals surface area contributed by atoms with Crippen molar-refractivity contribution < 1.29 is 9.84 Å². The molecular formula is C10H20O2. The fourth-order valence-corrected chi connectivity index (χ4v) is 1.47. The number of rotatable bonds is 4. The van der Waals surface area contributed by atoms with Crippen molar-refractivity contribution in [2.75, 3.05) is 7.11 Å². The molecule has 0 aliphatic rings. The molecule has 0 amide bonds. The third kappa shape index (κ3) is 3.88. The molecule has 0 spiro atoms. The Morgan fingerprint density at radius 3 is 2.08 bits per heavy atom. The molecule has 0 aromatic rings. The molecule has 0 fully saturated rings. The quantitative estimate of drug-likeness (QED) is 0.657. The average Bonchev–Trinajstić information content (AvgIpc) is 1.85. The van der Waals surface area contributed by atoms with Gasteiger partial charge in [0.2, 0.25) is 0 Å². The van der Waals surface area contributed by atoms with Gasteiger partial charge in [0.15, 0.2) is 0 Å². The van der Waals surface area contributed by atoms with Crippen LogP contribution in [0, 0.1) is 5.92 Å². The van der Waals surface area contributed by atoms with Gasteiger partial charge in [0.05, 0.1) is 12.2 Å². The number of aliphatic hydroxyl groups excluding tert-OH is 1. The predicted octanol–water partition coefficient (Wildman–Crippen LogP) is 1.98. The molecule has 2 nitrogen and oxygen atoms in total. The van der Waals surface area contributed by atoms with Crippen LogP contribution in [0.2, 0.25) is 0 Å². The first-order valence-electron chi connectivity index (χ1n) is 4.35. The Labute approximate surface area is 75.2 Å². The van der Waals surface area contributed by atoms with E-state index in [-0.39, 0.29) is 12.0 Å². The molecule has 0 aromatic carbocycles. The zero-order valence-electron chi connectivity index (χ0n) is 8.66. The first kappa shape index (κ1) is 11.7. The maximum atomic E-state index is 9.34. The van der Waals surface area contributed by atoms with Crippen LogP contribution in [0.1, 0.15) is 27.7 Å². The second-order valence-corrected chi connectivity index (χ2v) is 3.54. The molecule has 3 unspecified atom stereocenters. The molecule has 0 aliphatic heterocycles. The molecule has 0 rings (SSSR count). The first-order chi connectivity index (χ1) is 5.49. The predicted molar refractivity (Wildman–Crippen MR) is 51.1 cm³/mol. The average molecular weight is 172 g/mol. The third-order valence-corrected chi connectivity index (χ3v) is 1.86. The van der Waals surface area contributed by atoms with Gasteiger partial charge in [-0.2, -0.15) is 0 Å². The SMILES string of the molecule is COC(C(C)O)C(C)C=C(C)C. The summed E-state index contributed by atoms with van der Waals surface area (Å²) in [5, 5.41) is 9.34. The van der Waals surface area contributed by atoms with E-state index in [1.54, 1.807) is 14.0 Å². The van der Waals surface area contributed by atoms with Crippen LogP contribution < -0.4 is 0 Å². The van der Waals surface area contributed by atoms with E-state index in [0.29, 0.717) is 0 Å². The van der Waals surface area contributed by atoms with E-state index in [4.69, 9.17) is 4.74 Å². The molecular weight excluding hydrogens is 152 g/mol. The Balaban J connectivity index is 4.22. The van der Waals surface area contributed by atoms with Gasteiger partial charge in [-0.1, -0.05) is 18.6 Å². The summed E-state index contributed by atoms with van der Waals surface area (Å²) in [6.45, 7) is 7.90. The van der Waals surface area contributed by atoms with Crippen molar-refractivity contribution in [3.8, 4) is 0 Å². The van der Waals surface area contributed by atoms with E-state index in [0.717, 1.165) is 0 Å². The highest BCUT2D eigenvalue weighted by molar-refractivity contribution is 4.99. The lowest BCUT2D eigenvalue weighted by Crippen LogP contribution is -2.30. The van der Waals surface area contributed by atoms with E-state index in [2.05, 4.69) is 6.08 Å². The van der Waals surface area contributed by atoms with Crippen molar-refractivity contribution in [2.45, 2.75) is 39.9 Å². The molecule has 0 heterocycles. The fourth-order valence-electron chi connectivity index (χ4n) is 1.47. The van der Waals surface area contributed by atoms with Gasteiger partial charge in [-0.05, 0) is 20.8 Å². The molecule has 0 saturated heterocycles. The minimum atomic E-state index is -0.416. The number of allylic oxidation sites excluding steroid dienone is 1. The molecule has 0 saturated carbocycles. The third-order valence-electron chi connectivity index (χ3n) is 1.86. The molecule has 72 valence electrons. The summed E-state index contributed by atoms with van der Waals surface area (Å²) in [4.78, 5) is 0. The molecule has 0 radical (unpaired) electrons. The zero-order valence-corrected chi connectivity index (χ0v) is 8.66. The monoisotopic (exact) mass is 172 g/mol. The summed E-state index contributed by atoms with van der Waals surface area (Å²) >= 11 is 0. The Morgan fingerprint density at radius 1 is 1.33 bits per heavy atom. The summed E-state index contributed by atoms with van der Waals surface area (Å²) in [5.74, 6) is 0.264. The van der Waals surface area contributed by atoms with Gasteiger partial charge in [0.1, 0.15) is 0 Å².